The van der Waals surface area contributed by atoms with Gasteiger partial charge in [0.15, 0.2) is 0 Å². The predicted molar refractivity (Wildman–Crippen MR) is 182 cm³/mol. The molecule has 0 radical (unpaired) electrons. The lowest BCUT2D eigenvalue weighted by Gasteiger charge is -2.51. The van der Waals surface area contributed by atoms with Gasteiger partial charge in [0.2, 0.25) is 0 Å². The van der Waals surface area contributed by atoms with Gasteiger partial charge in [-0.2, -0.15) is 0 Å². The molecule has 4 aromatic rings. The van der Waals surface area contributed by atoms with Crippen molar-refractivity contribution in [3.05, 3.63) is 59.8 Å². The second-order valence-electron chi connectivity index (χ2n) is 12.8. The number of hydrogen-bond acceptors (Lipinski definition) is 2. The first kappa shape index (κ1) is 29.5. The molecule has 0 saturated heterocycles. The number of benzene rings is 2. The highest BCUT2D eigenvalue weighted by atomic mass is 32.1. The second kappa shape index (κ2) is 12.5. The van der Waals surface area contributed by atoms with E-state index in [0.717, 1.165) is 16.6 Å². The normalized spacial score (nSPS) is 15.3. The van der Waals surface area contributed by atoms with Gasteiger partial charge in [-0.25, -0.2) is 0 Å². The van der Waals surface area contributed by atoms with Crippen molar-refractivity contribution in [1.29, 1.82) is 0 Å². The molecule has 0 atom stereocenters. The van der Waals surface area contributed by atoms with Crippen molar-refractivity contribution < 1.29 is 0 Å². The van der Waals surface area contributed by atoms with Crippen LogP contribution in [0.25, 0.3) is 32.1 Å². The van der Waals surface area contributed by atoms with Crippen LogP contribution >= 0.6 is 11.3 Å². The standard InChI is InChI=1S/C37H51NSSi/c1-8-29(9-2)40(30(10-3)11-4,31-18-13-12-14-19-31)37-26(7)32-21-22-38-35(36(32)39-37)28-23-27-17-15-16-20-33(27)34(24-28)25(5)6/h15-17,20-25,29-31H,8-14,18-19H2,1-7H3. The van der Waals surface area contributed by atoms with Gasteiger partial charge in [0.05, 0.1) is 10.4 Å². The summed E-state index contributed by atoms with van der Waals surface area (Å²) in [5.41, 5.74) is 8.16. The molecule has 214 valence electrons. The summed E-state index contributed by atoms with van der Waals surface area (Å²) < 4.78 is 3.28. The summed E-state index contributed by atoms with van der Waals surface area (Å²) >= 11 is 2.18. The summed E-state index contributed by atoms with van der Waals surface area (Å²) in [6, 6.07) is 16.1. The molecule has 40 heavy (non-hydrogen) atoms. The first-order valence-corrected chi connectivity index (χ1v) is 19.4. The van der Waals surface area contributed by atoms with Gasteiger partial charge in [-0.3, -0.25) is 4.98 Å². The topological polar surface area (TPSA) is 12.9 Å². The summed E-state index contributed by atoms with van der Waals surface area (Å²) in [4.78, 5) is 5.13. The van der Waals surface area contributed by atoms with Crippen molar-refractivity contribution in [3.63, 3.8) is 0 Å². The van der Waals surface area contributed by atoms with E-state index in [0.29, 0.717) is 5.92 Å². The van der Waals surface area contributed by atoms with Crippen molar-refractivity contribution in [2.24, 2.45) is 0 Å². The van der Waals surface area contributed by atoms with Crippen molar-refractivity contribution >= 4 is 44.8 Å². The Morgan fingerprint density at radius 3 is 2.12 bits per heavy atom. The highest BCUT2D eigenvalue weighted by molar-refractivity contribution is 7.33. The molecule has 2 aromatic heterocycles. The van der Waals surface area contributed by atoms with Crippen molar-refractivity contribution in [1.82, 2.24) is 4.98 Å². The number of rotatable bonds is 10. The highest BCUT2D eigenvalue weighted by Gasteiger charge is 2.53. The van der Waals surface area contributed by atoms with E-state index < -0.39 is 8.07 Å². The van der Waals surface area contributed by atoms with E-state index in [4.69, 9.17) is 4.98 Å². The fourth-order valence-electron chi connectivity index (χ4n) is 8.79. The summed E-state index contributed by atoms with van der Waals surface area (Å²) in [6.07, 6.45) is 14.6. The summed E-state index contributed by atoms with van der Waals surface area (Å²) in [5.74, 6) is 0.473. The SMILES string of the molecule is CCC(CC)[Si](c1sc2c(-c3cc(C(C)C)c4ccccc4c3)nccc2c1C)(C(CC)CC)C1CCCCC1. The number of aromatic nitrogens is 1. The minimum absolute atomic E-state index is 0.473. The number of aryl methyl sites for hydroxylation is 1. The van der Waals surface area contributed by atoms with Crippen LogP contribution in [-0.2, 0) is 0 Å². The molecule has 0 aliphatic heterocycles. The quantitative estimate of drug-likeness (QED) is 0.173. The molecule has 1 aliphatic carbocycles. The van der Waals surface area contributed by atoms with E-state index in [1.54, 1.807) is 5.56 Å². The molecule has 0 bridgehead atoms. The third-order valence-corrected chi connectivity index (χ3v) is 20.6. The van der Waals surface area contributed by atoms with Crippen molar-refractivity contribution in [3.8, 4) is 11.3 Å². The molecule has 1 saturated carbocycles. The van der Waals surface area contributed by atoms with E-state index in [-0.39, 0.29) is 0 Å². The lowest BCUT2D eigenvalue weighted by molar-refractivity contribution is 0.474. The molecule has 2 heterocycles. The van der Waals surface area contributed by atoms with Gasteiger partial charge in [0.25, 0.3) is 0 Å². The fraction of sp³-hybridized carbons (Fsp3) is 0.541. The smallest absolute Gasteiger partial charge is 0.109 e. The van der Waals surface area contributed by atoms with Crippen LogP contribution in [0.2, 0.25) is 16.6 Å². The maximum atomic E-state index is 5.13. The zero-order chi connectivity index (χ0) is 28.4. The van der Waals surface area contributed by atoms with Crippen LogP contribution in [0.5, 0.6) is 0 Å². The first-order valence-electron chi connectivity index (χ1n) is 16.3. The van der Waals surface area contributed by atoms with E-state index in [9.17, 15) is 0 Å². The Morgan fingerprint density at radius 1 is 0.850 bits per heavy atom. The van der Waals surface area contributed by atoms with Gasteiger partial charge in [-0.1, -0.05) is 124 Å². The molecule has 1 aliphatic rings. The lowest BCUT2D eigenvalue weighted by atomic mass is 9.92. The van der Waals surface area contributed by atoms with Gasteiger partial charge in [-0.05, 0) is 79.5 Å². The molecule has 1 fully saturated rings. The van der Waals surface area contributed by atoms with Crippen LogP contribution < -0.4 is 4.50 Å². The van der Waals surface area contributed by atoms with Crippen LogP contribution in [0.15, 0.2) is 48.7 Å². The van der Waals surface area contributed by atoms with Crippen molar-refractivity contribution in [2.45, 2.75) is 129 Å². The Bertz CT molecular complexity index is 1420. The number of thiophene rings is 1. The maximum absolute atomic E-state index is 5.13. The molecule has 0 spiro atoms. The zero-order valence-corrected chi connectivity index (χ0v) is 28.0. The predicted octanol–water partition coefficient (Wildman–Crippen LogP) is 11.9. The zero-order valence-electron chi connectivity index (χ0n) is 26.1. The third kappa shape index (κ3) is 4.89. The van der Waals surface area contributed by atoms with E-state index in [1.807, 2.05) is 4.50 Å². The van der Waals surface area contributed by atoms with Gasteiger partial charge in [-0.15, -0.1) is 11.3 Å². The largest absolute Gasteiger partial charge is 0.255 e. The van der Waals surface area contributed by atoms with Crippen LogP contribution in [0.1, 0.15) is 116 Å². The summed E-state index contributed by atoms with van der Waals surface area (Å²) in [5, 5.41) is 4.17. The average Bonchev–Trinajstić information content (AvgIpc) is 3.33. The molecule has 3 heteroatoms. The first-order chi connectivity index (χ1) is 19.4. The number of hydrogen-bond donors (Lipinski definition) is 0. The second-order valence-corrected chi connectivity index (χ2v) is 19.0. The molecule has 0 amide bonds. The Kier molecular flexibility index (Phi) is 9.22. The molecule has 2 aromatic carbocycles. The Labute approximate surface area is 248 Å². The minimum Gasteiger partial charge on any atom is -0.255 e. The van der Waals surface area contributed by atoms with E-state index >= 15 is 0 Å². The van der Waals surface area contributed by atoms with Crippen molar-refractivity contribution in [2.75, 3.05) is 0 Å². The number of pyridine rings is 1. The maximum Gasteiger partial charge on any atom is 0.109 e. The molecule has 0 N–H and O–H groups in total. The molecule has 0 unspecified atom stereocenters. The van der Waals surface area contributed by atoms with Gasteiger partial charge >= 0.3 is 0 Å². The highest BCUT2D eigenvalue weighted by Crippen LogP contribution is 2.54. The van der Waals surface area contributed by atoms with Crippen LogP contribution in [0, 0.1) is 6.92 Å². The van der Waals surface area contributed by atoms with Crippen LogP contribution in [0.4, 0.5) is 0 Å². The molecule has 5 rings (SSSR count). The monoisotopic (exact) mass is 569 g/mol. The average molecular weight is 570 g/mol. The Morgan fingerprint density at radius 2 is 1.50 bits per heavy atom. The van der Waals surface area contributed by atoms with E-state index in [1.165, 1.54) is 95.5 Å². The lowest BCUT2D eigenvalue weighted by Crippen LogP contribution is -2.59. The van der Waals surface area contributed by atoms with Gasteiger partial charge in [0, 0.05) is 11.8 Å². The summed E-state index contributed by atoms with van der Waals surface area (Å²) in [7, 11) is -1.86. The molecular weight excluding hydrogens is 519 g/mol. The molecule has 1 nitrogen and oxygen atoms in total. The van der Waals surface area contributed by atoms with Crippen LogP contribution in [-0.4, -0.2) is 13.1 Å². The van der Waals surface area contributed by atoms with E-state index in [2.05, 4.69) is 108 Å². The van der Waals surface area contributed by atoms with Gasteiger partial charge < -0.3 is 0 Å². The van der Waals surface area contributed by atoms with Gasteiger partial charge in [0.1, 0.15) is 8.07 Å². The Hall–Kier alpha value is -1.97. The summed E-state index contributed by atoms with van der Waals surface area (Å²) in [6.45, 7) is 17.1. The van der Waals surface area contributed by atoms with Crippen LogP contribution in [0.3, 0.4) is 0 Å². The fourth-order valence-corrected chi connectivity index (χ4v) is 20.3. The minimum atomic E-state index is -1.86. The Balaban J connectivity index is 1.80. The molecular formula is C37H51NSSi. The third-order valence-electron chi connectivity index (χ3n) is 10.6. The number of fused-ring (bicyclic) bond motifs is 2. The number of nitrogens with zero attached hydrogens (tertiary/aromatic N) is 1.